The maximum absolute atomic E-state index is 11.5. The zero-order valence-corrected chi connectivity index (χ0v) is 13.9. The predicted molar refractivity (Wildman–Crippen MR) is 99.6 cm³/mol. The molecule has 3 aromatic rings. The molecule has 3 heteroatoms. The van der Waals surface area contributed by atoms with Crippen molar-refractivity contribution in [2.24, 2.45) is 0 Å². The molecular weight excluding hydrogens is 310 g/mol. The van der Waals surface area contributed by atoms with Gasteiger partial charge in [-0.15, -0.1) is 0 Å². The minimum atomic E-state index is 0.0705. The van der Waals surface area contributed by atoms with E-state index in [4.69, 9.17) is 4.74 Å². The number of amides is 1. The minimum Gasteiger partial charge on any atom is -0.489 e. The molecule has 0 bridgehead atoms. The number of benzene rings is 3. The summed E-state index contributed by atoms with van der Waals surface area (Å²) in [5.74, 6) is 0.842. The highest BCUT2D eigenvalue weighted by molar-refractivity contribution is 5.94. The number of anilines is 1. The number of aryl methyl sites for hydroxylation is 1. The largest absolute Gasteiger partial charge is 0.489 e. The number of fused-ring (bicyclic) bond motifs is 1. The van der Waals surface area contributed by atoms with Gasteiger partial charge in [0.2, 0.25) is 5.91 Å². The van der Waals surface area contributed by atoms with Crippen LogP contribution in [0.5, 0.6) is 5.75 Å². The molecule has 1 heterocycles. The number of hydrogen-bond donors (Lipinski definition) is 1. The van der Waals surface area contributed by atoms with E-state index in [0.717, 1.165) is 23.4 Å². The monoisotopic (exact) mass is 329 g/mol. The Morgan fingerprint density at radius 2 is 1.60 bits per heavy atom. The third-order valence-corrected chi connectivity index (χ3v) is 4.44. The van der Waals surface area contributed by atoms with Crippen LogP contribution < -0.4 is 10.1 Å². The van der Waals surface area contributed by atoms with Gasteiger partial charge in [0, 0.05) is 18.2 Å². The number of nitrogens with one attached hydrogen (secondary N) is 1. The lowest BCUT2D eigenvalue weighted by atomic mass is 10.0. The normalized spacial score (nSPS) is 13.0. The first kappa shape index (κ1) is 15.5. The molecule has 0 aliphatic carbocycles. The lowest BCUT2D eigenvalue weighted by Crippen LogP contribution is -2.18. The van der Waals surface area contributed by atoms with Crippen molar-refractivity contribution in [3.05, 3.63) is 83.9 Å². The fourth-order valence-electron chi connectivity index (χ4n) is 3.03. The molecular formula is C22H19NO2. The molecule has 3 aromatic carbocycles. The quantitative estimate of drug-likeness (QED) is 0.745. The molecule has 0 fully saturated rings. The second kappa shape index (κ2) is 6.81. The molecule has 1 amide bonds. The molecule has 4 rings (SSSR count). The van der Waals surface area contributed by atoms with Gasteiger partial charge in [0.15, 0.2) is 0 Å². The van der Waals surface area contributed by atoms with Crippen molar-refractivity contribution >= 4 is 11.6 Å². The number of rotatable bonds is 4. The SMILES string of the molecule is O=C1CCc2ccc(OCc3ccc(-c4ccccc4)cc3)cc2N1. The van der Waals surface area contributed by atoms with Crippen molar-refractivity contribution in [3.63, 3.8) is 0 Å². The van der Waals surface area contributed by atoms with Crippen molar-refractivity contribution in [1.29, 1.82) is 0 Å². The smallest absolute Gasteiger partial charge is 0.224 e. The molecule has 3 nitrogen and oxygen atoms in total. The van der Waals surface area contributed by atoms with Crippen LogP contribution >= 0.6 is 0 Å². The van der Waals surface area contributed by atoms with Gasteiger partial charge < -0.3 is 10.1 Å². The van der Waals surface area contributed by atoms with Crippen molar-refractivity contribution in [2.75, 3.05) is 5.32 Å². The summed E-state index contributed by atoms with van der Waals surface area (Å²) in [5.41, 5.74) is 5.55. The van der Waals surface area contributed by atoms with Gasteiger partial charge in [-0.2, -0.15) is 0 Å². The lowest BCUT2D eigenvalue weighted by Gasteiger charge is -2.17. The summed E-state index contributed by atoms with van der Waals surface area (Å²) in [7, 11) is 0. The first-order valence-corrected chi connectivity index (χ1v) is 8.48. The Morgan fingerprint density at radius 1 is 0.840 bits per heavy atom. The first-order valence-electron chi connectivity index (χ1n) is 8.48. The van der Waals surface area contributed by atoms with E-state index < -0.39 is 0 Å². The van der Waals surface area contributed by atoms with E-state index >= 15 is 0 Å². The van der Waals surface area contributed by atoms with Crippen LogP contribution in [0.4, 0.5) is 5.69 Å². The summed E-state index contributed by atoms with van der Waals surface area (Å²) in [6.07, 6.45) is 1.35. The molecule has 1 aliphatic heterocycles. The van der Waals surface area contributed by atoms with Gasteiger partial charge in [0.05, 0.1) is 0 Å². The summed E-state index contributed by atoms with van der Waals surface area (Å²) in [6, 6.07) is 24.6. The third-order valence-electron chi connectivity index (χ3n) is 4.44. The highest BCUT2D eigenvalue weighted by Crippen LogP contribution is 2.27. The zero-order chi connectivity index (χ0) is 17.1. The standard InChI is InChI=1S/C22H19NO2/c24-22-13-11-19-10-12-20(14-21(19)23-22)25-15-16-6-8-18(9-7-16)17-4-2-1-3-5-17/h1-10,12,14H,11,13,15H2,(H,23,24). The van der Waals surface area contributed by atoms with Crippen LogP contribution in [0.3, 0.4) is 0 Å². The highest BCUT2D eigenvalue weighted by Gasteiger charge is 2.15. The van der Waals surface area contributed by atoms with Crippen LogP contribution in [-0.4, -0.2) is 5.91 Å². The number of carbonyl (C=O) groups excluding carboxylic acids is 1. The number of hydrogen-bond acceptors (Lipinski definition) is 2. The van der Waals surface area contributed by atoms with Crippen molar-refractivity contribution in [2.45, 2.75) is 19.4 Å². The average Bonchev–Trinajstić information content (AvgIpc) is 2.67. The average molecular weight is 329 g/mol. The molecule has 0 saturated heterocycles. The van der Waals surface area contributed by atoms with Gasteiger partial charge in [-0.1, -0.05) is 60.7 Å². The Bertz CT molecular complexity index is 886. The van der Waals surface area contributed by atoms with Gasteiger partial charge in [0.25, 0.3) is 0 Å². The van der Waals surface area contributed by atoms with Gasteiger partial charge in [-0.05, 0) is 34.7 Å². The van der Waals surface area contributed by atoms with Crippen LogP contribution in [0.2, 0.25) is 0 Å². The molecule has 0 radical (unpaired) electrons. The summed E-state index contributed by atoms with van der Waals surface area (Å²) in [6.45, 7) is 0.502. The van der Waals surface area contributed by atoms with Gasteiger partial charge >= 0.3 is 0 Å². The molecule has 0 aromatic heterocycles. The predicted octanol–water partition coefficient (Wildman–Crippen LogP) is 4.82. The molecule has 0 atom stereocenters. The van der Waals surface area contributed by atoms with E-state index in [9.17, 15) is 4.79 Å². The van der Waals surface area contributed by atoms with E-state index in [1.165, 1.54) is 16.7 Å². The Hall–Kier alpha value is -3.07. The topological polar surface area (TPSA) is 38.3 Å². The second-order valence-electron chi connectivity index (χ2n) is 6.22. The second-order valence-corrected chi connectivity index (χ2v) is 6.22. The van der Waals surface area contributed by atoms with E-state index in [2.05, 4.69) is 41.7 Å². The molecule has 0 spiro atoms. The zero-order valence-electron chi connectivity index (χ0n) is 13.9. The van der Waals surface area contributed by atoms with Crippen LogP contribution in [0.25, 0.3) is 11.1 Å². The van der Waals surface area contributed by atoms with Crippen molar-refractivity contribution < 1.29 is 9.53 Å². The van der Waals surface area contributed by atoms with E-state index in [1.54, 1.807) is 0 Å². The van der Waals surface area contributed by atoms with Crippen LogP contribution in [0.1, 0.15) is 17.5 Å². The molecule has 1 aliphatic rings. The Labute approximate surface area is 147 Å². The van der Waals surface area contributed by atoms with Crippen LogP contribution in [0.15, 0.2) is 72.8 Å². The van der Waals surface area contributed by atoms with E-state index in [1.807, 2.05) is 36.4 Å². The summed E-state index contributed by atoms with van der Waals surface area (Å²) >= 11 is 0. The van der Waals surface area contributed by atoms with E-state index in [-0.39, 0.29) is 5.91 Å². The van der Waals surface area contributed by atoms with Crippen molar-refractivity contribution in [3.8, 4) is 16.9 Å². The summed E-state index contributed by atoms with van der Waals surface area (Å²) < 4.78 is 5.89. The van der Waals surface area contributed by atoms with Gasteiger partial charge in [-0.3, -0.25) is 4.79 Å². The number of carbonyl (C=O) groups is 1. The molecule has 1 N–H and O–H groups in total. The first-order chi connectivity index (χ1) is 12.3. The maximum atomic E-state index is 11.5. The summed E-state index contributed by atoms with van der Waals surface area (Å²) in [4.78, 5) is 11.5. The lowest BCUT2D eigenvalue weighted by molar-refractivity contribution is -0.116. The number of ether oxygens (including phenoxy) is 1. The Morgan fingerprint density at radius 3 is 2.40 bits per heavy atom. The fraction of sp³-hybridized carbons (Fsp3) is 0.136. The molecule has 0 saturated carbocycles. The van der Waals surface area contributed by atoms with Gasteiger partial charge in [-0.25, -0.2) is 0 Å². The molecule has 25 heavy (non-hydrogen) atoms. The van der Waals surface area contributed by atoms with E-state index in [0.29, 0.717) is 13.0 Å². The van der Waals surface area contributed by atoms with Gasteiger partial charge in [0.1, 0.15) is 12.4 Å². The fourth-order valence-corrected chi connectivity index (χ4v) is 3.03. The van der Waals surface area contributed by atoms with Crippen molar-refractivity contribution in [1.82, 2.24) is 0 Å². The maximum Gasteiger partial charge on any atom is 0.224 e. The minimum absolute atomic E-state index is 0.0705. The Kier molecular flexibility index (Phi) is 4.21. The van der Waals surface area contributed by atoms with Crippen LogP contribution in [-0.2, 0) is 17.8 Å². The molecule has 124 valence electrons. The Balaban J connectivity index is 1.43. The highest BCUT2D eigenvalue weighted by atomic mass is 16.5. The third kappa shape index (κ3) is 3.56. The molecule has 0 unspecified atom stereocenters. The van der Waals surface area contributed by atoms with Crippen LogP contribution in [0, 0.1) is 0 Å². The summed E-state index contributed by atoms with van der Waals surface area (Å²) in [5, 5.41) is 2.91.